The highest BCUT2D eigenvalue weighted by Crippen LogP contribution is 2.43. The molecule has 0 radical (unpaired) electrons. The van der Waals surface area contributed by atoms with Gasteiger partial charge in [-0.3, -0.25) is 0 Å². The third kappa shape index (κ3) is 2.71. The van der Waals surface area contributed by atoms with E-state index < -0.39 is 0 Å². The smallest absolute Gasteiger partial charge is 0.0448 e. The summed E-state index contributed by atoms with van der Waals surface area (Å²) in [4.78, 5) is 4.89. The van der Waals surface area contributed by atoms with Crippen LogP contribution in [0.4, 0.5) is 11.4 Å². The average molecular weight is 308 g/mol. The Morgan fingerprint density at radius 3 is 2.13 bits per heavy atom. The molecule has 0 saturated heterocycles. The van der Waals surface area contributed by atoms with E-state index in [4.69, 9.17) is 0 Å². The fourth-order valence-electron chi connectivity index (χ4n) is 3.83. The van der Waals surface area contributed by atoms with Crippen molar-refractivity contribution in [1.29, 1.82) is 0 Å². The van der Waals surface area contributed by atoms with E-state index in [1.807, 2.05) is 0 Å². The minimum atomic E-state index is 1.06. The molecule has 0 bridgehead atoms. The highest BCUT2D eigenvalue weighted by atomic mass is 15.1. The summed E-state index contributed by atoms with van der Waals surface area (Å²) in [5.74, 6) is 0. The highest BCUT2D eigenvalue weighted by molar-refractivity contribution is 5.88. The molecule has 0 unspecified atom stereocenters. The van der Waals surface area contributed by atoms with Crippen LogP contribution >= 0.6 is 0 Å². The Bertz CT molecular complexity index is 682. The van der Waals surface area contributed by atoms with Gasteiger partial charge in [0.05, 0.1) is 0 Å². The van der Waals surface area contributed by atoms with E-state index in [1.54, 1.807) is 0 Å². The maximum absolute atomic E-state index is 2.46. The van der Waals surface area contributed by atoms with Gasteiger partial charge < -0.3 is 9.80 Å². The lowest BCUT2D eigenvalue weighted by Crippen LogP contribution is -2.22. The van der Waals surface area contributed by atoms with E-state index in [1.165, 1.54) is 33.6 Å². The Morgan fingerprint density at radius 1 is 0.783 bits per heavy atom. The van der Waals surface area contributed by atoms with Crippen molar-refractivity contribution in [2.75, 3.05) is 36.0 Å². The zero-order valence-electron chi connectivity index (χ0n) is 14.9. The molecule has 2 aromatic carbocycles. The second-order valence-electron chi connectivity index (χ2n) is 6.17. The first-order valence-corrected chi connectivity index (χ1v) is 8.98. The molecular weight excluding hydrogens is 280 g/mol. The standard InChI is InChI=1S/C21H28N2/c1-5-22(6-2)18-12-13-19-17(15-18)14-16-10-9-11-20(21(16)19)23(7-3)8-4/h9-13,15H,5-8,14H2,1-4H3. The fourth-order valence-corrected chi connectivity index (χ4v) is 3.83. The molecule has 0 heterocycles. The van der Waals surface area contributed by atoms with Crippen molar-refractivity contribution < 1.29 is 0 Å². The number of nitrogens with zero attached hydrogens (tertiary/aromatic N) is 2. The molecule has 0 spiro atoms. The van der Waals surface area contributed by atoms with Gasteiger partial charge in [-0.15, -0.1) is 0 Å². The number of hydrogen-bond acceptors (Lipinski definition) is 2. The molecule has 0 fully saturated rings. The molecule has 0 N–H and O–H groups in total. The molecule has 23 heavy (non-hydrogen) atoms. The van der Waals surface area contributed by atoms with E-state index in [9.17, 15) is 0 Å². The minimum Gasteiger partial charge on any atom is -0.372 e. The molecule has 0 aliphatic heterocycles. The average Bonchev–Trinajstić information content (AvgIpc) is 2.95. The molecule has 0 amide bonds. The van der Waals surface area contributed by atoms with Crippen LogP contribution in [-0.2, 0) is 6.42 Å². The Hall–Kier alpha value is -1.96. The van der Waals surface area contributed by atoms with E-state index >= 15 is 0 Å². The largest absolute Gasteiger partial charge is 0.372 e. The second-order valence-corrected chi connectivity index (χ2v) is 6.17. The first-order chi connectivity index (χ1) is 11.2. The second kappa shape index (κ2) is 6.66. The summed E-state index contributed by atoms with van der Waals surface area (Å²) >= 11 is 0. The summed E-state index contributed by atoms with van der Waals surface area (Å²) in [5.41, 5.74) is 8.58. The quantitative estimate of drug-likeness (QED) is 0.635. The van der Waals surface area contributed by atoms with Crippen LogP contribution in [0.5, 0.6) is 0 Å². The van der Waals surface area contributed by atoms with Crippen LogP contribution < -0.4 is 9.80 Å². The van der Waals surface area contributed by atoms with Gasteiger partial charge >= 0.3 is 0 Å². The lowest BCUT2D eigenvalue weighted by atomic mass is 10.0. The number of hydrogen-bond donors (Lipinski definition) is 0. The van der Waals surface area contributed by atoms with Gasteiger partial charge in [-0.25, -0.2) is 0 Å². The van der Waals surface area contributed by atoms with Crippen LogP contribution in [-0.4, -0.2) is 26.2 Å². The summed E-state index contributed by atoms with van der Waals surface area (Å²) in [6.07, 6.45) is 1.06. The van der Waals surface area contributed by atoms with Crippen molar-refractivity contribution in [3.05, 3.63) is 47.5 Å². The van der Waals surface area contributed by atoms with E-state index in [2.05, 4.69) is 73.9 Å². The summed E-state index contributed by atoms with van der Waals surface area (Å²) in [7, 11) is 0. The topological polar surface area (TPSA) is 6.48 Å². The Kier molecular flexibility index (Phi) is 4.61. The number of benzene rings is 2. The van der Waals surface area contributed by atoms with Gasteiger partial charge in [0, 0.05) is 43.1 Å². The minimum absolute atomic E-state index is 1.06. The molecular formula is C21H28N2. The van der Waals surface area contributed by atoms with Gasteiger partial charge in [0.1, 0.15) is 0 Å². The molecule has 0 atom stereocenters. The van der Waals surface area contributed by atoms with Crippen molar-refractivity contribution in [3.8, 4) is 11.1 Å². The van der Waals surface area contributed by atoms with E-state index in [-0.39, 0.29) is 0 Å². The van der Waals surface area contributed by atoms with Crippen LogP contribution in [0.15, 0.2) is 36.4 Å². The lowest BCUT2D eigenvalue weighted by Gasteiger charge is -2.25. The molecule has 1 aliphatic rings. The summed E-state index contributed by atoms with van der Waals surface area (Å²) in [6, 6.07) is 13.8. The molecule has 1 aliphatic carbocycles. The van der Waals surface area contributed by atoms with Gasteiger partial charge in [-0.2, -0.15) is 0 Å². The monoisotopic (exact) mass is 308 g/mol. The molecule has 2 nitrogen and oxygen atoms in total. The normalized spacial score (nSPS) is 12.0. The zero-order valence-corrected chi connectivity index (χ0v) is 14.9. The highest BCUT2D eigenvalue weighted by Gasteiger charge is 2.23. The maximum Gasteiger partial charge on any atom is 0.0448 e. The number of fused-ring (bicyclic) bond motifs is 3. The first-order valence-electron chi connectivity index (χ1n) is 8.98. The maximum atomic E-state index is 2.46. The molecule has 122 valence electrons. The summed E-state index contributed by atoms with van der Waals surface area (Å²) < 4.78 is 0. The van der Waals surface area contributed by atoms with E-state index in [0.717, 1.165) is 32.6 Å². The van der Waals surface area contributed by atoms with Crippen LogP contribution in [0.3, 0.4) is 0 Å². The van der Waals surface area contributed by atoms with Gasteiger partial charge in [0.25, 0.3) is 0 Å². The van der Waals surface area contributed by atoms with Crippen molar-refractivity contribution in [2.24, 2.45) is 0 Å². The zero-order chi connectivity index (χ0) is 16.4. The predicted molar refractivity (Wildman–Crippen MR) is 102 cm³/mol. The van der Waals surface area contributed by atoms with Crippen molar-refractivity contribution in [1.82, 2.24) is 0 Å². The molecule has 2 aromatic rings. The molecule has 0 aromatic heterocycles. The third-order valence-corrected chi connectivity index (χ3v) is 5.10. The van der Waals surface area contributed by atoms with Crippen LogP contribution in [0.25, 0.3) is 11.1 Å². The predicted octanol–water partition coefficient (Wildman–Crippen LogP) is 4.95. The molecule has 2 heteroatoms. The fraction of sp³-hybridized carbons (Fsp3) is 0.429. The number of anilines is 2. The lowest BCUT2D eigenvalue weighted by molar-refractivity contribution is 0.865. The van der Waals surface area contributed by atoms with Crippen LogP contribution in [0, 0.1) is 0 Å². The van der Waals surface area contributed by atoms with Gasteiger partial charge in [0.15, 0.2) is 0 Å². The molecule has 0 saturated carbocycles. The summed E-state index contributed by atoms with van der Waals surface area (Å²) in [5, 5.41) is 0. The van der Waals surface area contributed by atoms with Crippen LogP contribution in [0.2, 0.25) is 0 Å². The van der Waals surface area contributed by atoms with Gasteiger partial charge in [-0.05, 0) is 69.0 Å². The third-order valence-electron chi connectivity index (χ3n) is 5.10. The van der Waals surface area contributed by atoms with Crippen molar-refractivity contribution in [3.63, 3.8) is 0 Å². The number of rotatable bonds is 6. The van der Waals surface area contributed by atoms with Gasteiger partial charge in [-0.1, -0.05) is 18.2 Å². The molecule has 3 rings (SSSR count). The van der Waals surface area contributed by atoms with Crippen LogP contribution in [0.1, 0.15) is 38.8 Å². The van der Waals surface area contributed by atoms with Crippen molar-refractivity contribution >= 4 is 11.4 Å². The van der Waals surface area contributed by atoms with E-state index in [0.29, 0.717) is 0 Å². The first kappa shape index (κ1) is 15.9. The van der Waals surface area contributed by atoms with Crippen molar-refractivity contribution in [2.45, 2.75) is 34.1 Å². The Balaban J connectivity index is 2.06. The Morgan fingerprint density at radius 2 is 1.48 bits per heavy atom. The Labute approximate surface area is 140 Å². The summed E-state index contributed by atoms with van der Waals surface area (Å²) in [6.45, 7) is 13.2. The van der Waals surface area contributed by atoms with Gasteiger partial charge in [0.2, 0.25) is 0 Å². The SMILES string of the molecule is CCN(CC)c1ccc2c(c1)Cc1cccc(N(CC)CC)c1-2.